The first kappa shape index (κ1) is 17.6. The predicted octanol–water partition coefficient (Wildman–Crippen LogP) is 2.01. The van der Waals surface area contributed by atoms with E-state index in [1.807, 2.05) is 24.3 Å². The first-order valence-electron chi connectivity index (χ1n) is 8.04. The van der Waals surface area contributed by atoms with Crippen LogP contribution < -0.4 is 15.0 Å². The van der Waals surface area contributed by atoms with Crippen molar-refractivity contribution in [2.75, 3.05) is 50.1 Å². The van der Waals surface area contributed by atoms with Gasteiger partial charge in [-0.2, -0.15) is 4.98 Å². The lowest BCUT2D eigenvalue weighted by Gasteiger charge is -2.34. The number of hydrogen-bond acceptors (Lipinski definition) is 6. The van der Waals surface area contributed by atoms with Crippen molar-refractivity contribution in [2.24, 2.45) is 0 Å². The van der Waals surface area contributed by atoms with Crippen LogP contribution in [0.5, 0.6) is 5.88 Å². The van der Waals surface area contributed by atoms with Gasteiger partial charge < -0.3 is 15.0 Å². The van der Waals surface area contributed by atoms with Crippen LogP contribution in [0, 0.1) is 0 Å². The van der Waals surface area contributed by atoms with E-state index < -0.39 is 0 Å². The van der Waals surface area contributed by atoms with Gasteiger partial charge in [-0.25, -0.2) is 4.98 Å². The molecule has 0 bridgehead atoms. The lowest BCUT2D eigenvalue weighted by molar-refractivity contribution is -0.117. The lowest BCUT2D eigenvalue weighted by atomic mass is 10.3. The Morgan fingerprint density at radius 2 is 1.92 bits per heavy atom. The number of halogens is 1. The third-order valence-corrected chi connectivity index (χ3v) is 4.51. The highest BCUT2D eigenvalue weighted by Crippen LogP contribution is 2.16. The van der Waals surface area contributed by atoms with Crippen molar-refractivity contribution in [3.63, 3.8) is 0 Å². The zero-order valence-electron chi connectivity index (χ0n) is 14.0. The summed E-state index contributed by atoms with van der Waals surface area (Å²) in [5.74, 6) is 1.22. The average Bonchev–Trinajstić information content (AvgIpc) is 2.64. The van der Waals surface area contributed by atoms with E-state index in [1.54, 1.807) is 19.4 Å². The van der Waals surface area contributed by atoms with Gasteiger partial charge in [0.2, 0.25) is 17.7 Å². The summed E-state index contributed by atoms with van der Waals surface area (Å²) in [6.07, 6.45) is 1.69. The molecule has 1 N–H and O–H groups in total. The number of nitrogens with one attached hydrogen (secondary N) is 1. The van der Waals surface area contributed by atoms with Gasteiger partial charge in [-0.3, -0.25) is 9.69 Å². The summed E-state index contributed by atoms with van der Waals surface area (Å²) >= 11 is 3.38. The van der Waals surface area contributed by atoms with Crippen molar-refractivity contribution >= 4 is 33.5 Å². The Morgan fingerprint density at radius 3 is 2.60 bits per heavy atom. The predicted molar refractivity (Wildman–Crippen MR) is 100 cm³/mol. The van der Waals surface area contributed by atoms with Gasteiger partial charge >= 0.3 is 0 Å². The van der Waals surface area contributed by atoms with E-state index in [9.17, 15) is 4.79 Å². The van der Waals surface area contributed by atoms with Crippen molar-refractivity contribution in [3.05, 3.63) is 41.0 Å². The fourth-order valence-electron chi connectivity index (χ4n) is 2.64. The molecule has 1 aromatic heterocycles. The minimum atomic E-state index is -0.00611. The number of carbonyl (C=O) groups excluding carboxylic acids is 1. The van der Waals surface area contributed by atoms with Gasteiger partial charge in [0.25, 0.3) is 0 Å². The number of amides is 1. The van der Waals surface area contributed by atoms with Crippen LogP contribution in [0.2, 0.25) is 0 Å². The second kappa shape index (κ2) is 8.26. The Labute approximate surface area is 155 Å². The summed E-state index contributed by atoms with van der Waals surface area (Å²) in [6.45, 7) is 3.50. The molecule has 3 rings (SSSR count). The number of benzene rings is 1. The van der Waals surface area contributed by atoms with Gasteiger partial charge in [-0.1, -0.05) is 15.9 Å². The number of anilines is 2. The van der Waals surface area contributed by atoms with Crippen LogP contribution in [-0.2, 0) is 4.79 Å². The molecule has 1 aromatic carbocycles. The number of rotatable bonds is 5. The first-order valence-corrected chi connectivity index (χ1v) is 8.83. The van der Waals surface area contributed by atoms with Gasteiger partial charge in [0.05, 0.1) is 13.7 Å². The highest BCUT2D eigenvalue weighted by molar-refractivity contribution is 9.10. The number of piperazine rings is 1. The maximum atomic E-state index is 12.2. The molecular weight excluding hydrogens is 386 g/mol. The second-order valence-electron chi connectivity index (χ2n) is 5.72. The Kier molecular flexibility index (Phi) is 5.83. The summed E-state index contributed by atoms with van der Waals surface area (Å²) in [5, 5.41) is 2.92. The molecule has 1 aliphatic rings. The molecule has 1 fully saturated rings. The summed E-state index contributed by atoms with van der Waals surface area (Å²) in [7, 11) is 1.59. The zero-order valence-corrected chi connectivity index (χ0v) is 15.6. The second-order valence-corrected chi connectivity index (χ2v) is 6.63. The summed E-state index contributed by atoms with van der Waals surface area (Å²) in [5.41, 5.74) is 0.802. The van der Waals surface area contributed by atoms with Gasteiger partial charge in [-0.15, -0.1) is 0 Å². The maximum absolute atomic E-state index is 12.2. The molecule has 2 aromatic rings. The smallest absolute Gasteiger partial charge is 0.238 e. The molecule has 0 aliphatic carbocycles. The van der Waals surface area contributed by atoms with E-state index in [-0.39, 0.29) is 5.91 Å². The lowest BCUT2D eigenvalue weighted by Crippen LogP contribution is -2.49. The molecule has 132 valence electrons. The van der Waals surface area contributed by atoms with Crippen LogP contribution >= 0.6 is 15.9 Å². The molecule has 1 amide bonds. The topological polar surface area (TPSA) is 70.6 Å². The molecule has 2 heterocycles. The van der Waals surface area contributed by atoms with Crippen molar-refractivity contribution in [1.29, 1.82) is 0 Å². The molecule has 0 radical (unpaired) electrons. The maximum Gasteiger partial charge on any atom is 0.238 e. The average molecular weight is 406 g/mol. The van der Waals surface area contributed by atoms with E-state index in [0.717, 1.165) is 36.3 Å². The number of methoxy groups -OCH3 is 1. The van der Waals surface area contributed by atoms with Crippen molar-refractivity contribution in [1.82, 2.24) is 14.9 Å². The quantitative estimate of drug-likeness (QED) is 0.820. The SMILES string of the molecule is COc1ccnc(N2CCN(CC(=O)Nc3ccc(Br)cc3)CC2)n1. The molecule has 0 atom stereocenters. The molecule has 25 heavy (non-hydrogen) atoms. The molecule has 7 nitrogen and oxygen atoms in total. The highest BCUT2D eigenvalue weighted by Gasteiger charge is 2.21. The number of hydrogen-bond donors (Lipinski definition) is 1. The number of nitrogens with zero attached hydrogens (tertiary/aromatic N) is 4. The van der Waals surface area contributed by atoms with Gasteiger partial charge in [0.15, 0.2) is 0 Å². The number of ether oxygens (including phenoxy) is 1. The van der Waals surface area contributed by atoms with Gasteiger partial charge in [-0.05, 0) is 24.3 Å². The first-order chi connectivity index (χ1) is 12.1. The van der Waals surface area contributed by atoms with Gasteiger partial charge in [0.1, 0.15) is 0 Å². The summed E-state index contributed by atoms with van der Waals surface area (Å²) < 4.78 is 6.13. The van der Waals surface area contributed by atoms with Crippen LogP contribution in [0.15, 0.2) is 41.0 Å². The normalized spacial score (nSPS) is 15.0. The Hall–Kier alpha value is -2.19. The van der Waals surface area contributed by atoms with E-state index >= 15 is 0 Å². The monoisotopic (exact) mass is 405 g/mol. The van der Waals surface area contributed by atoms with Crippen LogP contribution in [-0.4, -0.2) is 60.6 Å². The summed E-state index contributed by atoms with van der Waals surface area (Å²) in [4.78, 5) is 25.1. The largest absolute Gasteiger partial charge is 0.481 e. The molecular formula is C17H20BrN5O2. The third kappa shape index (κ3) is 4.90. The van der Waals surface area contributed by atoms with Crippen molar-refractivity contribution in [2.45, 2.75) is 0 Å². The minimum absolute atomic E-state index is 0.00611. The van der Waals surface area contributed by atoms with Crippen LogP contribution in [0.4, 0.5) is 11.6 Å². The van der Waals surface area contributed by atoms with Gasteiger partial charge in [0, 0.05) is 48.6 Å². The Bertz CT molecular complexity index is 717. The molecule has 8 heteroatoms. The van der Waals surface area contributed by atoms with E-state index in [0.29, 0.717) is 18.4 Å². The molecule has 0 saturated carbocycles. The molecule has 1 saturated heterocycles. The number of aromatic nitrogens is 2. The van der Waals surface area contributed by atoms with E-state index in [1.165, 1.54) is 0 Å². The molecule has 0 unspecified atom stereocenters. The third-order valence-electron chi connectivity index (χ3n) is 3.98. The Morgan fingerprint density at radius 1 is 1.20 bits per heavy atom. The fraction of sp³-hybridized carbons (Fsp3) is 0.353. The van der Waals surface area contributed by atoms with Crippen LogP contribution in [0.1, 0.15) is 0 Å². The Balaban J connectivity index is 1.48. The van der Waals surface area contributed by atoms with E-state index in [2.05, 4.69) is 41.0 Å². The fourth-order valence-corrected chi connectivity index (χ4v) is 2.91. The standard InChI is InChI=1S/C17H20BrN5O2/c1-25-16-6-7-19-17(21-16)23-10-8-22(9-11-23)12-15(24)20-14-4-2-13(18)3-5-14/h2-7H,8-12H2,1H3,(H,20,24). The summed E-state index contributed by atoms with van der Waals surface area (Å²) in [6, 6.07) is 9.29. The molecule has 0 spiro atoms. The van der Waals surface area contributed by atoms with Crippen molar-refractivity contribution < 1.29 is 9.53 Å². The minimum Gasteiger partial charge on any atom is -0.481 e. The van der Waals surface area contributed by atoms with Crippen LogP contribution in [0.3, 0.4) is 0 Å². The zero-order chi connectivity index (χ0) is 17.6. The van der Waals surface area contributed by atoms with E-state index in [4.69, 9.17) is 4.74 Å². The number of carbonyl (C=O) groups is 1. The van der Waals surface area contributed by atoms with Crippen molar-refractivity contribution in [3.8, 4) is 5.88 Å². The highest BCUT2D eigenvalue weighted by atomic mass is 79.9. The van der Waals surface area contributed by atoms with Crippen LogP contribution in [0.25, 0.3) is 0 Å². The molecule has 1 aliphatic heterocycles.